The number of carbonyl (C=O) groups is 1. The third kappa shape index (κ3) is 3.45. The maximum absolute atomic E-state index is 11.2. The standard InChI is InChI=1S/C14H26N2O2/c1-11(18)16-7-5-14(6-8-16)15-9-12-3-2-4-13(12)10-17/h12-15,17H,2-10H2,1H3. The molecular weight excluding hydrogens is 228 g/mol. The Bertz CT molecular complexity index is 275. The first kappa shape index (κ1) is 13.8. The molecular formula is C14H26N2O2. The Morgan fingerprint density at radius 1 is 1.22 bits per heavy atom. The first-order valence-electron chi connectivity index (χ1n) is 7.30. The predicted molar refractivity (Wildman–Crippen MR) is 71.2 cm³/mol. The summed E-state index contributed by atoms with van der Waals surface area (Å²) < 4.78 is 0. The molecule has 0 aromatic rings. The molecule has 2 unspecified atom stereocenters. The number of rotatable bonds is 4. The Morgan fingerprint density at radius 3 is 2.50 bits per heavy atom. The zero-order valence-electron chi connectivity index (χ0n) is 11.4. The number of aliphatic hydroxyl groups excluding tert-OH is 1. The van der Waals surface area contributed by atoms with E-state index in [-0.39, 0.29) is 5.91 Å². The molecule has 1 saturated carbocycles. The highest BCUT2D eigenvalue weighted by molar-refractivity contribution is 5.73. The molecule has 2 aliphatic rings. The van der Waals surface area contributed by atoms with E-state index < -0.39 is 0 Å². The van der Waals surface area contributed by atoms with Gasteiger partial charge in [-0.15, -0.1) is 0 Å². The van der Waals surface area contributed by atoms with E-state index in [1.54, 1.807) is 6.92 Å². The van der Waals surface area contributed by atoms with E-state index >= 15 is 0 Å². The fourth-order valence-corrected chi connectivity index (χ4v) is 3.34. The fourth-order valence-electron chi connectivity index (χ4n) is 3.34. The highest BCUT2D eigenvalue weighted by Gasteiger charge is 2.27. The molecule has 4 heteroatoms. The lowest BCUT2D eigenvalue weighted by Crippen LogP contribution is -2.45. The molecule has 1 heterocycles. The maximum atomic E-state index is 11.2. The lowest BCUT2D eigenvalue weighted by atomic mass is 9.96. The summed E-state index contributed by atoms with van der Waals surface area (Å²) in [6.07, 6.45) is 5.84. The van der Waals surface area contributed by atoms with Crippen molar-refractivity contribution in [2.24, 2.45) is 11.8 Å². The second-order valence-corrected chi connectivity index (χ2v) is 5.82. The van der Waals surface area contributed by atoms with Crippen LogP contribution in [0.15, 0.2) is 0 Å². The second kappa shape index (κ2) is 6.53. The summed E-state index contributed by atoms with van der Waals surface area (Å²) in [4.78, 5) is 13.2. The van der Waals surface area contributed by atoms with Gasteiger partial charge in [0.25, 0.3) is 0 Å². The number of aliphatic hydroxyl groups is 1. The Kier molecular flexibility index (Phi) is 5.01. The lowest BCUT2D eigenvalue weighted by Gasteiger charge is -2.32. The van der Waals surface area contributed by atoms with Gasteiger partial charge in [0.2, 0.25) is 5.91 Å². The predicted octanol–water partition coefficient (Wildman–Crippen LogP) is 0.995. The van der Waals surface area contributed by atoms with E-state index in [0.717, 1.165) is 32.5 Å². The van der Waals surface area contributed by atoms with Crippen molar-refractivity contribution in [2.45, 2.75) is 45.1 Å². The molecule has 2 fully saturated rings. The SMILES string of the molecule is CC(=O)N1CCC(NCC2CCCC2CO)CC1. The van der Waals surface area contributed by atoms with Crippen LogP contribution in [0.1, 0.15) is 39.0 Å². The molecule has 0 radical (unpaired) electrons. The average molecular weight is 254 g/mol. The van der Waals surface area contributed by atoms with Gasteiger partial charge in [-0.2, -0.15) is 0 Å². The van der Waals surface area contributed by atoms with Crippen LogP contribution in [0.4, 0.5) is 0 Å². The Hall–Kier alpha value is -0.610. The van der Waals surface area contributed by atoms with Gasteiger partial charge in [0.05, 0.1) is 0 Å². The van der Waals surface area contributed by atoms with Gasteiger partial charge in [-0.1, -0.05) is 6.42 Å². The smallest absolute Gasteiger partial charge is 0.219 e. The third-order valence-electron chi connectivity index (χ3n) is 4.66. The Balaban J connectivity index is 1.67. The van der Waals surface area contributed by atoms with Gasteiger partial charge in [0.1, 0.15) is 0 Å². The van der Waals surface area contributed by atoms with Gasteiger partial charge in [-0.25, -0.2) is 0 Å². The molecule has 1 saturated heterocycles. The Labute approximate surface area is 110 Å². The summed E-state index contributed by atoms with van der Waals surface area (Å²) in [6.45, 7) is 4.81. The number of hydrogen-bond acceptors (Lipinski definition) is 3. The monoisotopic (exact) mass is 254 g/mol. The largest absolute Gasteiger partial charge is 0.396 e. The molecule has 2 atom stereocenters. The van der Waals surface area contributed by atoms with Crippen molar-refractivity contribution in [3.63, 3.8) is 0 Å². The summed E-state index contributed by atoms with van der Waals surface area (Å²) in [5.74, 6) is 1.36. The van der Waals surface area contributed by atoms with Crippen molar-refractivity contribution in [3.8, 4) is 0 Å². The molecule has 0 aromatic heterocycles. The van der Waals surface area contributed by atoms with E-state index in [1.165, 1.54) is 19.3 Å². The quantitative estimate of drug-likeness (QED) is 0.787. The zero-order valence-corrected chi connectivity index (χ0v) is 11.4. The number of nitrogens with zero attached hydrogens (tertiary/aromatic N) is 1. The van der Waals surface area contributed by atoms with E-state index in [0.29, 0.717) is 24.5 Å². The molecule has 4 nitrogen and oxygen atoms in total. The molecule has 18 heavy (non-hydrogen) atoms. The number of hydrogen-bond donors (Lipinski definition) is 2. The van der Waals surface area contributed by atoms with E-state index in [4.69, 9.17) is 0 Å². The summed E-state index contributed by atoms with van der Waals surface area (Å²) in [6, 6.07) is 0.556. The van der Waals surface area contributed by atoms with Crippen LogP contribution in [0.5, 0.6) is 0 Å². The van der Waals surface area contributed by atoms with Crippen LogP contribution in [-0.4, -0.2) is 48.2 Å². The molecule has 0 bridgehead atoms. The third-order valence-corrected chi connectivity index (χ3v) is 4.66. The van der Waals surface area contributed by atoms with Crippen LogP contribution in [-0.2, 0) is 4.79 Å². The van der Waals surface area contributed by atoms with Gasteiger partial charge in [0, 0.05) is 32.7 Å². The molecule has 2 N–H and O–H groups in total. The van der Waals surface area contributed by atoms with Gasteiger partial charge in [-0.05, 0) is 44.1 Å². The average Bonchev–Trinajstić information content (AvgIpc) is 2.84. The molecule has 1 aliphatic carbocycles. The van der Waals surface area contributed by atoms with Crippen LogP contribution >= 0.6 is 0 Å². The number of likely N-dealkylation sites (tertiary alicyclic amines) is 1. The van der Waals surface area contributed by atoms with Gasteiger partial charge in [-0.3, -0.25) is 4.79 Å². The minimum Gasteiger partial charge on any atom is -0.396 e. The van der Waals surface area contributed by atoms with Gasteiger partial charge >= 0.3 is 0 Å². The Morgan fingerprint density at radius 2 is 1.89 bits per heavy atom. The molecule has 2 rings (SSSR count). The van der Waals surface area contributed by atoms with Gasteiger partial charge < -0.3 is 15.3 Å². The van der Waals surface area contributed by atoms with Crippen LogP contribution in [0, 0.1) is 11.8 Å². The van der Waals surface area contributed by atoms with Crippen molar-refractivity contribution in [1.82, 2.24) is 10.2 Å². The van der Waals surface area contributed by atoms with E-state index in [2.05, 4.69) is 5.32 Å². The normalized spacial score (nSPS) is 29.8. The summed E-state index contributed by atoms with van der Waals surface area (Å²) >= 11 is 0. The molecule has 0 spiro atoms. The first-order valence-corrected chi connectivity index (χ1v) is 7.30. The second-order valence-electron chi connectivity index (χ2n) is 5.82. The molecule has 1 aliphatic heterocycles. The zero-order chi connectivity index (χ0) is 13.0. The van der Waals surface area contributed by atoms with Crippen LogP contribution in [0.2, 0.25) is 0 Å². The van der Waals surface area contributed by atoms with E-state index in [9.17, 15) is 9.90 Å². The van der Waals surface area contributed by atoms with Crippen molar-refractivity contribution in [2.75, 3.05) is 26.2 Å². The van der Waals surface area contributed by atoms with Crippen molar-refractivity contribution < 1.29 is 9.90 Å². The number of piperidine rings is 1. The molecule has 0 aromatic carbocycles. The summed E-state index contributed by atoms with van der Waals surface area (Å²) in [5, 5.41) is 12.9. The van der Waals surface area contributed by atoms with Crippen molar-refractivity contribution >= 4 is 5.91 Å². The number of carbonyl (C=O) groups excluding carboxylic acids is 1. The van der Waals surface area contributed by atoms with Crippen LogP contribution in [0.25, 0.3) is 0 Å². The first-order chi connectivity index (χ1) is 8.70. The topological polar surface area (TPSA) is 52.6 Å². The highest BCUT2D eigenvalue weighted by Crippen LogP contribution is 2.30. The number of amides is 1. The molecule has 1 amide bonds. The summed E-state index contributed by atoms with van der Waals surface area (Å²) in [7, 11) is 0. The van der Waals surface area contributed by atoms with Crippen LogP contribution in [0.3, 0.4) is 0 Å². The summed E-state index contributed by atoms with van der Waals surface area (Å²) in [5.41, 5.74) is 0. The maximum Gasteiger partial charge on any atom is 0.219 e. The molecule has 104 valence electrons. The van der Waals surface area contributed by atoms with Crippen molar-refractivity contribution in [3.05, 3.63) is 0 Å². The van der Waals surface area contributed by atoms with E-state index in [1.807, 2.05) is 4.90 Å². The minimum absolute atomic E-state index is 0.199. The lowest BCUT2D eigenvalue weighted by molar-refractivity contribution is -0.129. The van der Waals surface area contributed by atoms with Crippen molar-refractivity contribution in [1.29, 1.82) is 0 Å². The highest BCUT2D eigenvalue weighted by atomic mass is 16.3. The van der Waals surface area contributed by atoms with Gasteiger partial charge in [0.15, 0.2) is 0 Å². The minimum atomic E-state index is 0.199. The van der Waals surface area contributed by atoms with Crippen LogP contribution < -0.4 is 5.32 Å². The fraction of sp³-hybridized carbons (Fsp3) is 0.929. The number of nitrogens with one attached hydrogen (secondary N) is 1.